The monoisotopic (exact) mass is 922 g/mol. The first kappa shape index (κ1) is 55.1. The first-order valence-electron chi connectivity index (χ1n) is 11.5. The molecular weight excluding hydrogens is 895 g/mol. The average Bonchev–Trinajstić information content (AvgIpc) is 3.16. The second-order valence-corrected chi connectivity index (χ2v) is 25.3. The van der Waals surface area contributed by atoms with Crippen molar-refractivity contribution in [1.29, 1.82) is 0 Å². The molecule has 27 nitrogen and oxygen atoms in total. The Hall–Kier alpha value is -1.27. The van der Waals surface area contributed by atoms with Crippen LogP contribution in [0.15, 0.2) is 12.3 Å². The summed E-state index contributed by atoms with van der Waals surface area (Å²) < 4.78 is 210. The summed E-state index contributed by atoms with van der Waals surface area (Å²) in [6.45, 7) is 8.41. The fraction of sp³-hybridized carbons (Fsp3) is 0.571. The SMILES string of the molecule is CS(=O)(=O)O[B-](OS(C)(=O)=O)(OS(C)(=O)=O)OS(C)(=O)=O.CS(=O)(=O)[O][Al-]([O]S(C)(=O)=O)([O]S(C)(=O)=O)[O]S(C)(=O)=O.[C-]#[N+]c1cc[nH]c1[N+]#[C-].[Li+]. The van der Waals surface area contributed by atoms with Crippen LogP contribution in [0.3, 0.4) is 0 Å². The molecule has 1 aromatic rings. The fourth-order valence-corrected chi connectivity index (χ4v) is 14.3. The van der Waals surface area contributed by atoms with E-state index in [1.165, 1.54) is 0 Å². The van der Waals surface area contributed by atoms with Crippen molar-refractivity contribution in [3.05, 3.63) is 35.1 Å². The van der Waals surface area contributed by atoms with Crippen LogP contribution in [0.5, 0.6) is 0 Å². The smallest absolute Gasteiger partial charge is 0.473 e. The van der Waals surface area contributed by atoms with Gasteiger partial charge in [0.2, 0.25) is 92.5 Å². The molecule has 1 N–H and O–H groups in total. The minimum Gasteiger partial charge on any atom is -0.473 e. The summed E-state index contributed by atoms with van der Waals surface area (Å²) in [5, 5.41) is 0. The quantitative estimate of drug-likeness (QED) is 0.119. The van der Waals surface area contributed by atoms with Crippen LogP contribution >= 0.6 is 0 Å². The van der Waals surface area contributed by atoms with E-state index >= 15 is 0 Å². The minimum atomic E-state index is -6.04. The predicted molar refractivity (Wildman–Crippen MR) is 172 cm³/mol. The van der Waals surface area contributed by atoms with E-state index in [1.54, 1.807) is 12.3 Å². The van der Waals surface area contributed by atoms with E-state index in [1.807, 2.05) is 0 Å². The third-order valence-corrected chi connectivity index (χ3v) is 15.0. The topological polar surface area (TPSA) is 371 Å². The summed E-state index contributed by atoms with van der Waals surface area (Å²) in [5.41, 5.74) is 0.394. The van der Waals surface area contributed by atoms with Crippen LogP contribution in [0, 0.1) is 13.1 Å². The Kier molecular flexibility index (Phi) is 20.7. The van der Waals surface area contributed by atoms with Gasteiger partial charge in [-0.25, -0.2) is 72.2 Å². The van der Waals surface area contributed by atoms with E-state index in [-0.39, 0.29) is 18.9 Å². The summed E-state index contributed by atoms with van der Waals surface area (Å²) in [4.78, 5) is 8.83. The fourth-order valence-electron chi connectivity index (χ4n) is 2.44. The van der Waals surface area contributed by atoms with Gasteiger partial charge in [0.1, 0.15) is 0 Å². The van der Waals surface area contributed by atoms with E-state index in [2.05, 4.69) is 44.0 Å². The molecule has 0 fully saturated rings. The maximum absolute atomic E-state index is 11.1. The second-order valence-electron chi connectivity index (χ2n) is 8.99. The van der Waals surface area contributed by atoms with Crippen LogP contribution in [-0.2, 0) is 110 Å². The van der Waals surface area contributed by atoms with Crippen molar-refractivity contribution >= 4 is 114 Å². The van der Waals surface area contributed by atoms with Crippen LogP contribution < -0.4 is 18.9 Å². The number of H-pyrrole nitrogens is 1. The number of hydrogen-bond acceptors (Lipinski definition) is 24. The molecule has 1 heterocycles. The van der Waals surface area contributed by atoms with Crippen molar-refractivity contribution in [2.75, 3.05) is 50.0 Å². The summed E-state index contributed by atoms with van der Waals surface area (Å²) >= 11 is -6.04. The molecule has 38 heteroatoms. The first-order chi connectivity index (χ1) is 22.0. The van der Waals surface area contributed by atoms with Gasteiger partial charge in [0.25, 0.3) is 0 Å². The van der Waals surface area contributed by atoms with Crippen molar-refractivity contribution in [3.8, 4) is 0 Å². The van der Waals surface area contributed by atoms with Gasteiger partial charge in [-0.3, -0.25) is 0 Å². The standard InChI is InChI=1S/C6H3N3.C4H12BO12S4.4CH4O3S.Al.Li/c1-7-5-3-4-9-6(5)8-2;1-18(6,7)14-5(15-19(2,8)9,16-20(3,10)11)17-21(4,12)13;4*1-5(2,3)4;;/h3-4,9H;1-4H3;4*1H3,(H,2,3,4);;/q;-1;;;;;+3;+1/p-4. The van der Waals surface area contributed by atoms with Gasteiger partial charge in [-0.05, 0) is 6.07 Å². The Morgan fingerprint density at radius 2 is 0.750 bits per heavy atom. The Morgan fingerprint density at radius 1 is 0.500 bits per heavy atom. The van der Waals surface area contributed by atoms with Crippen LogP contribution in [0.2, 0.25) is 0 Å². The molecule has 1 aromatic heterocycles. The van der Waals surface area contributed by atoms with Gasteiger partial charge in [0, 0.05) is 0 Å². The molecule has 0 aliphatic carbocycles. The zero-order chi connectivity index (χ0) is 41.3. The molecule has 0 aliphatic heterocycles. The zero-order valence-corrected chi connectivity index (χ0v) is 35.5. The minimum absolute atomic E-state index is 0. The van der Waals surface area contributed by atoms with Gasteiger partial charge in [-0.15, -0.1) is 0 Å². The van der Waals surface area contributed by atoms with E-state index in [0.717, 1.165) is 0 Å². The van der Waals surface area contributed by atoms with Gasteiger partial charge in [0.15, 0.2) is 0 Å². The summed E-state index contributed by atoms with van der Waals surface area (Å²) in [5.74, 6) is 0.324. The first-order valence-corrected chi connectivity index (χ1v) is 27.9. The van der Waals surface area contributed by atoms with Crippen molar-refractivity contribution < 1.29 is 116 Å². The van der Waals surface area contributed by atoms with Gasteiger partial charge < -0.3 is 39.2 Å². The molecular formula is C14H27AlBLiN3O24S8-. The molecule has 0 aromatic carbocycles. The predicted octanol–water partition coefficient (Wildman–Crippen LogP) is -6.23. The van der Waals surface area contributed by atoms with E-state index in [9.17, 15) is 67.3 Å². The Bertz CT molecular complexity index is 1950. The number of nitrogens with zero attached hydrogens (tertiary/aromatic N) is 2. The number of nitrogens with one attached hydrogen (secondary N) is 1. The second kappa shape index (κ2) is 19.5. The summed E-state index contributed by atoms with van der Waals surface area (Å²) in [6, 6.07) is 1.58. The van der Waals surface area contributed by atoms with Gasteiger partial charge in [-0.2, -0.15) is 0 Å². The van der Waals surface area contributed by atoms with E-state index in [4.69, 9.17) is 13.1 Å². The largest absolute Gasteiger partial charge is 1.00 e. The van der Waals surface area contributed by atoms with Crippen molar-refractivity contribution in [1.82, 2.24) is 4.98 Å². The molecule has 298 valence electrons. The number of hydrogen-bond donors (Lipinski definition) is 1. The average molecular weight is 923 g/mol. The molecule has 0 spiro atoms. The molecule has 52 heavy (non-hydrogen) atoms. The molecule has 0 saturated carbocycles. The molecule has 0 saturated heterocycles. The van der Waals surface area contributed by atoms with Crippen LogP contribution in [-0.4, -0.2) is 144 Å². The maximum Gasteiger partial charge on any atom is 1.00 e. The molecule has 0 amide bonds. The molecule has 0 radical (unpaired) electrons. The number of rotatable bonds is 16. The van der Waals surface area contributed by atoms with Crippen LogP contribution in [0.1, 0.15) is 0 Å². The Balaban J connectivity index is -0.000000735. The third kappa shape index (κ3) is 30.1. The zero-order valence-electron chi connectivity index (χ0n) is 27.8. The maximum atomic E-state index is 11.1. The molecule has 0 unspecified atom stereocenters. The van der Waals surface area contributed by atoms with Gasteiger partial charge >= 0.3 is 40.2 Å². The molecule has 0 bridgehead atoms. The summed E-state index contributed by atoms with van der Waals surface area (Å²) in [7, 11) is -36.9. The van der Waals surface area contributed by atoms with Crippen molar-refractivity contribution in [3.63, 3.8) is 0 Å². The van der Waals surface area contributed by atoms with Crippen molar-refractivity contribution in [2.24, 2.45) is 0 Å². The summed E-state index contributed by atoms with van der Waals surface area (Å²) in [6.07, 6.45) is 4.52. The Morgan fingerprint density at radius 3 is 0.904 bits per heavy atom. The number of aromatic amines is 1. The van der Waals surface area contributed by atoms with E-state index in [0.29, 0.717) is 61.6 Å². The van der Waals surface area contributed by atoms with Gasteiger partial charge in [0.05, 0.1) is 62.8 Å². The van der Waals surface area contributed by atoms with Crippen LogP contribution in [0.25, 0.3) is 9.69 Å². The molecule has 0 aliphatic rings. The number of aromatic nitrogens is 1. The van der Waals surface area contributed by atoms with Crippen molar-refractivity contribution in [2.45, 2.75) is 0 Å². The molecule has 1 rings (SSSR count). The normalized spacial score (nSPS) is 13.5. The van der Waals surface area contributed by atoms with Gasteiger partial charge in [-0.1, -0.05) is 6.57 Å². The van der Waals surface area contributed by atoms with Crippen LogP contribution in [0.4, 0.5) is 11.5 Å². The third-order valence-electron chi connectivity index (χ3n) is 3.28. The molecule has 0 atom stereocenters. The Labute approximate surface area is 317 Å². The van der Waals surface area contributed by atoms with E-state index < -0.39 is 102 Å².